The summed E-state index contributed by atoms with van der Waals surface area (Å²) in [4.78, 5) is 11.6. The maximum Gasteiger partial charge on any atom is 0.225 e. The number of aromatic nitrogens is 2. The van der Waals surface area contributed by atoms with Crippen LogP contribution in [0.4, 0.5) is 11.8 Å². The molecule has 3 aromatic rings. The van der Waals surface area contributed by atoms with Gasteiger partial charge in [0.25, 0.3) is 0 Å². The Morgan fingerprint density at radius 2 is 1.68 bits per heavy atom. The van der Waals surface area contributed by atoms with E-state index in [1.807, 2.05) is 61.5 Å². The highest BCUT2D eigenvalue weighted by Gasteiger charge is 2.22. The van der Waals surface area contributed by atoms with E-state index in [0.29, 0.717) is 18.7 Å². The minimum atomic E-state index is 0.410. The normalized spacial score (nSPS) is 18.7. The SMILES string of the molecule is CN(C)c1nc(NC2CCC(NCCOc3ccc(Br)cc3)CC2)nc2ccccc12. The van der Waals surface area contributed by atoms with Crippen LogP contribution in [0.25, 0.3) is 10.9 Å². The summed E-state index contributed by atoms with van der Waals surface area (Å²) in [5.74, 6) is 2.58. The molecule has 1 aromatic heterocycles. The quantitative estimate of drug-likeness (QED) is 0.446. The first-order valence-corrected chi connectivity index (χ1v) is 11.7. The van der Waals surface area contributed by atoms with Gasteiger partial charge in [-0.2, -0.15) is 4.98 Å². The highest BCUT2D eigenvalue weighted by atomic mass is 79.9. The number of rotatable bonds is 8. The molecule has 1 aliphatic carbocycles. The molecule has 0 unspecified atom stereocenters. The number of nitrogens with one attached hydrogen (secondary N) is 2. The van der Waals surface area contributed by atoms with Crippen LogP contribution in [0.2, 0.25) is 0 Å². The van der Waals surface area contributed by atoms with Crippen molar-refractivity contribution < 1.29 is 4.74 Å². The Morgan fingerprint density at radius 1 is 0.968 bits per heavy atom. The maximum absolute atomic E-state index is 5.80. The number of hydrogen-bond donors (Lipinski definition) is 2. The summed E-state index contributed by atoms with van der Waals surface area (Å²) < 4.78 is 6.87. The van der Waals surface area contributed by atoms with Crippen LogP contribution in [0.3, 0.4) is 0 Å². The van der Waals surface area contributed by atoms with Gasteiger partial charge in [-0.15, -0.1) is 0 Å². The van der Waals surface area contributed by atoms with E-state index in [2.05, 4.69) is 32.6 Å². The molecule has 0 radical (unpaired) electrons. The summed E-state index contributed by atoms with van der Waals surface area (Å²) in [6.45, 7) is 1.54. The second-order valence-electron chi connectivity index (χ2n) is 8.23. The Morgan fingerprint density at radius 3 is 2.42 bits per heavy atom. The number of para-hydroxylation sites is 1. The highest BCUT2D eigenvalue weighted by molar-refractivity contribution is 9.10. The summed E-state index contributed by atoms with van der Waals surface area (Å²) in [6, 6.07) is 17.1. The van der Waals surface area contributed by atoms with Gasteiger partial charge in [-0.05, 0) is 62.1 Å². The van der Waals surface area contributed by atoms with Gasteiger partial charge in [0.1, 0.15) is 18.2 Å². The van der Waals surface area contributed by atoms with Crippen LogP contribution in [0, 0.1) is 0 Å². The van der Waals surface area contributed by atoms with Gasteiger partial charge in [-0.25, -0.2) is 4.98 Å². The maximum atomic E-state index is 5.80. The fourth-order valence-corrected chi connectivity index (χ4v) is 4.32. The number of halogens is 1. The third kappa shape index (κ3) is 5.86. The Bertz CT molecular complexity index is 987. The molecule has 31 heavy (non-hydrogen) atoms. The average Bonchev–Trinajstić information content (AvgIpc) is 2.78. The summed E-state index contributed by atoms with van der Waals surface area (Å²) in [5.41, 5.74) is 0.977. The average molecular weight is 484 g/mol. The number of nitrogens with zero attached hydrogens (tertiary/aromatic N) is 3. The zero-order valence-corrected chi connectivity index (χ0v) is 19.7. The van der Waals surface area contributed by atoms with E-state index >= 15 is 0 Å². The first kappa shape index (κ1) is 21.8. The molecule has 0 spiro atoms. The van der Waals surface area contributed by atoms with Gasteiger partial charge in [-0.1, -0.05) is 28.1 Å². The number of ether oxygens (including phenoxy) is 1. The van der Waals surface area contributed by atoms with Crippen molar-refractivity contribution in [1.82, 2.24) is 15.3 Å². The lowest BCUT2D eigenvalue weighted by Crippen LogP contribution is -2.38. The van der Waals surface area contributed by atoms with Gasteiger partial charge in [0.2, 0.25) is 5.95 Å². The fraction of sp³-hybridized carbons (Fsp3) is 0.417. The van der Waals surface area contributed by atoms with Gasteiger partial charge >= 0.3 is 0 Å². The smallest absolute Gasteiger partial charge is 0.225 e. The molecular formula is C24H30BrN5O. The molecule has 1 heterocycles. The molecule has 2 aromatic carbocycles. The van der Waals surface area contributed by atoms with E-state index in [4.69, 9.17) is 14.7 Å². The van der Waals surface area contributed by atoms with Crippen LogP contribution < -0.4 is 20.3 Å². The molecule has 7 heteroatoms. The van der Waals surface area contributed by atoms with Crippen LogP contribution in [0.1, 0.15) is 25.7 Å². The van der Waals surface area contributed by atoms with Gasteiger partial charge in [-0.3, -0.25) is 0 Å². The summed E-state index contributed by atoms with van der Waals surface area (Å²) >= 11 is 3.44. The molecular weight excluding hydrogens is 454 g/mol. The van der Waals surface area contributed by atoms with Crippen molar-refractivity contribution in [2.75, 3.05) is 37.5 Å². The molecule has 0 atom stereocenters. The Hall–Kier alpha value is -2.38. The van der Waals surface area contributed by atoms with E-state index in [9.17, 15) is 0 Å². The first-order chi connectivity index (χ1) is 15.1. The van der Waals surface area contributed by atoms with E-state index < -0.39 is 0 Å². The zero-order chi connectivity index (χ0) is 21.6. The van der Waals surface area contributed by atoms with Crippen molar-refractivity contribution in [3.63, 3.8) is 0 Å². The van der Waals surface area contributed by atoms with Crippen molar-refractivity contribution in [3.8, 4) is 5.75 Å². The molecule has 0 saturated heterocycles. The second-order valence-corrected chi connectivity index (χ2v) is 9.15. The predicted octanol–water partition coefficient (Wildman–Crippen LogP) is 4.85. The zero-order valence-electron chi connectivity index (χ0n) is 18.1. The van der Waals surface area contributed by atoms with Crippen LogP contribution in [-0.2, 0) is 0 Å². The lowest BCUT2D eigenvalue weighted by molar-refractivity contribution is 0.285. The van der Waals surface area contributed by atoms with Crippen LogP contribution in [-0.4, -0.2) is 49.3 Å². The van der Waals surface area contributed by atoms with Gasteiger partial charge in [0.05, 0.1) is 5.52 Å². The Labute approximate surface area is 192 Å². The van der Waals surface area contributed by atoms with Crippen LogP contribution >= 0.6 is 15.9 Å². The predicted molar refractivity (Wildman–Crippen MR) is 131 cm³/mol. The summed E-state index contributed by atoms with van der Waals surface area (Å²) in [6.07, 6.45) is 4.51. The number of hydrogen-bond acceptors (Lipinski definition) is 6. The molecule has 6 nitrogen and oxygen atoms in total. The van der Waals surface area contributed by atoms with Crippen molar-refractivity contribution in [2.45, 2.75) is 37.8 Å². The summed E-state index contributed by atoms with van der Waals surface area (Å²) in [7, 11) is 4.05. The van der Waals surface area contributed by atoms with E-state index in [1.165, 1.54) is 0 Å². The molecule has 4 rings (SSSR count). The van der Waals surface area contributed by atoms with E-state index in [0.717, 1.165) is 65.1 Å². The van der Waals surface area contributed by atoms with E-state index in [1.54, 1.807) is 0 Å². The molecule has 164 valence electrons. The molecule has 2 N–H and O–H groups in total. The lowest BCUT2D eigenvalue weighted by atomic mass is 9.91. The van der Waals surface area contributed by atoms with Gasteiger partial charge in [0, 0.05) is 42.6 Å². The molecule has 1 fully saturated rings. The topological polar surface area (TPSA) is 62.3 Å². The minimum absolute atomic E-state index is 0.410. The largest absolute Gasteiger partial charge is 0.492 e. The third-order valence-corrected chi connectivity index (χ3v) is 6.21. The number of fused-ring (bicyclic) bond motifs is 1. The standard InChI is InChI=1S/C24H30BrN5O/c1-30(2)23-21-5-3-4-6-22(21)28-24(29-23)27-19-11-9-18(10-12-19)26-15-16-31-20-13-7-17(25)8-14-20/h3-8,13-14,18-19,26H,9-12,15-16H2,1-2H3,(H,27,28,29). The van der Waals surface area contributed by atoms with Crippen molar-refractivity contribution in [3.05, 3.63) is 53.0 Å². The van der Waals surface area contributed by atoms with Crippen LogP contribution in [0.5, 0.6) is 5.75 Å². The molecule has 0 amide bonds. The second kappa shape index (κ2) is 10.3. The molecule has 0 aliphatic heterocycles. The number of benzene rings is 2. The third-order valence-electron chi connectivity index (χ3n) is 5.68. The van der Waals surface area contributed by atoms with Crippen molar-refractivity contribution >= 4 is 38.6 Å². The monoisotopic (exact) mass is 483 g/mol. The minimum Gasteiger partial charge on any atom is -0.492 e. The fourth-order valence-electron chi connectivity index (χ4n) is 4.05. The molecule has 1 aliphatic rings. The van der Waals surface area contributed by atoms with Gasteiger partial charge in [0.15, 0.2) is 0 Å². The molecule has 1 saturated carbocycles. The number of anilines is 2. The van der Waals surface area contributed by atoms with Crippen molar-refractivity contribution in [2.24, 2.45) is 0 Å². The summed E-state index contributed by atoms with van der Waals surface area (Å²) in [5, 5.41) is 8.29. The lowest BCUT2D eigenvalue weighted by Gasteiger charge is -2.30. The Kier molecular flexibility index (Phi) is 7.25. The highest BCUT2D eigenvalue weighted by Crippen LogP contribution is 2.26. The van der Waals surface area contributed by atoms with E-state index in [-0.39, 0.29) is 0 Å². The Balaban J connectivity index is 1.24. The molecule has 0 bridgehead atoms. The van der Waals surface area contributed by atoms with Crippen LogP contribution in [0.15, 0.2) is 53.0 Å². The first-order valence-electron chi connectivity index (χ1n) is 10.9. The van der Waals surface area contributed by atoms with Crippen molar-refractivity contribution in [1.29, 1.82) is 0 Å². The van der Waals surface area contributed by atoms with Gasteiger partial charge < -0.3 is 20.3 Å².